The summed E-state index contributed by atoms with van der Waals surface area (Å²) in [5.74, 6) is 0. The molecular weight excluding hydrogens is 242 g/mol. The predicted molar refractivity (Wildman–Crippen MR) is 77.9 cm³/mol. The number of anilines is 2. The zero-order valence-electron chi connectivity index (χ0n) is 11.6. The summed E-state index contributed by atoms with van der Waals surface area (Å²) in [5, 5.41) is 14.2. The molecule has 1 N–H and O–H groups in total. The third-order valence-electron chi connectivity index (χ3n) is 3.63. The molecule has 1 unspecified atom stereocenters. The number of piperidine rings is 1. The van der Waals surface area contributed by atoms with Crippen LogP contribution in [0.25, 0.3) is 0 Å². The molecule has 0 amide bonds. The van der Waals surface area contributed by atoms with E-state index in [-0.39, 0.29) is 10.6 Å². The van der Waals surface area contributed by atoms with Gasteiger partial charge in [-0.3, -0.25) is 10.1 Å². The quantitative estimate of drug-likeness (QED) is 0.668. The fourth-order valence-corrected chi connectivity index (χ4v) is 2.65. The first kappa shape index (κ1) is 13.6. The van der Waals surface area contributed by atoms with Crippen molar-refractivity contribution in [3.63, 3.8) is 0 Å². The number of nitrogens with zero attached hydrogens (tertiary/aromatic N) is 2. The Balaban J connectivity index is 2.34. The Morgan fingerprint density at radius 1 is 1.42 bits per heavy atom. The normalized spacial score (nSPS) is 19.3. The van der Waals surface area contributed by atoms with Crippen molar-refractivity contribution in [1.29, 1.82) is 0 Å². The van der Waals surface area contributed by atoms with Crippen LogP contribution in [0.1, 0.15) is 33.1 Å². The van der Waals surface area contributed by atoms with Gasteiger partial charge in [0, 0.05) is 42.6 Å². The van der Waals surface area contributed by atoms with Gasteiger partial charge in [-0.2, -0.15) is 0 Å². The van der Waals surface area contributed by atoms with Crippen molar-refractivity contribution >= 4 is 17.1 Å². The van der Waals surface area contributed by atoms with Crippen LogP contribution >= 0.6 is 0 Å². The van der Waals surface area contributed by atoms with Crippen LogP contribution in [0.2, 0.25) is 0 Å². The van der Waals surface area contributed by atoms with Crippen molar-refractivity contribution in [2.24, 2.45) is 0 Å². The summed E-state index contributed by atoms with van der Waals surface area (Å²) in [7, 11) is 0. The van der Waals surface area contributed by atoms with Gasteiger partial charge < -0.3 is 10.2 Å². The second-order valence-electron chi connectivity index (χ2n) is 5.06. The van der Waals surface area contributed by atoms with E-state index in [1.807, 2.05) is 13.0 Å². The summed E-state index contributed by atoms with van der Waals surface area (Å²) in [5.41, 5.74) is 1.94. The number of hydrogen-bond acceptors (Lipinski definition) is 4. The molecule has 104 valence electrons. The van der Waals surface area contributed by atoms with E-state index in [4.69, 9.17) is 0 Å². The number of non-ortho nitro benzene ring substituents is 1. The lowest BCUT2D eigenvalue weighted by atomic mass is 10.0. The van der Waals surface area contributed by atoms with Gasteiger partial charge in [0.05, 0.1) is 4.92 Å². The maximum Gasteiger partial charge on any atom is 0.273 e. The molecule has 0 saturated carbocycles. The average Bonchev–Trinajstić information content (AvgIpc) is 2.39. The Hall–Kier alpha value is -1.78. The number of benzene rings is 1. The van der Waals surface area contributed by atoms with Crippen LogP contribution < -0.4 is 10.2 Å². The third kappa shape index (κ3) is 3.16. The Kier molecular flexibility index (Phi) is 4.24. The summed E-state index contributed by atoms with van der Waals surface area (Å²) in [6.07, 6.45) is 3.55. The number of nitro groups is 1. The number of rotatable bonds is 4. The van der Waals surface area contributed by atoms with E-state index in [0.717, 1.165) is 37.3 Å². The fraction of sp³-hybridized carbons (Fsp3) is 0.571. The molecule has 0 bridgehead atoms. The monoisotopic (exact) mass is 263 g/mol. The molecule has 1 aromatic carbocycles. The molecule has 19 heavy (non-hydrogen) atoms. The van der Waals surface area contributed by atoms with E-state index >= 15 is 0 Å². The summed E-state index contributed by atoms with van der Waals surface area (Å²) in [6, 6.07) is 5.74. The van der Waals surface area contributed by atoms with Crippen LogP contribution in [-0.4, -0.2) is 24.1 Å². The van der Waals surface area contributed by atoms with Gasteiger partial charge in [0.2, 0.25) is 0 Å². The van der Waals surface area contributed by atoms with E-state index in [2.05, 4.69) is 17.1 Å². The highest BCUT2D eigenvalue weighted by atomic mass is 16.6. The highest BCUT2D eigenvalue weighted by Crippen LogP contribution is 2.31. The second kappa shape index (κ2) is 5.91. The Labute approximate surface area is 113 Å². The minimum atomic E-state index is -0.320. The van der Waals surface area contributed by atoms with Gasteiger partial charge in [0.1, 0.15) is 0 Å². The van der Waals surface area contributed by atoms with E-state index in [1.165, 1.54) is 6.42 Å². The lowest BCUT2D eigenvalue weighted by Gasteiger charge is -2.35. The van der Waals surface area contributed by atoms with E-state index in [9.17, 15) is 10.1 Å². The molecule has 1 aliphatic heterocycles. The zero-order chi connectivity index (χ0) is 13.8. The van der Waals surface area contributed by atoms with Gasteiger partial charge in [-0.05, 0) is 39.2 Å². The molecular formula is C14H21N3O2. The Morgan fingerprint density at radius 3 is 2.84 bits per heavy atom. The molecule has 1 atom stereocenters. The van der Waals surface area contributed by atoms with Crippen molar-refractivity contribution in [1.82, 2.24) is 0 Å². The number of nitrogens with one attached hydrogen (secondary N) is 1. The highest BCUT2D eigenvalue weighted by Gasteiger charge is 2.21. The van der Waals surface area contributed by atoms with Crippen LogP contribution in [0.3, 0.4) is 0 Å². The molecule has 0 spiro atoms. The van der Waals surface area contributed by atoms with Crippen molar-refractivity contribution in [2.75, 3.05) is 23.3 Å². The largest absolute Gasteiger partial charge is 0.385 e. The lowest BCUT2D eigenvalue weighted by Crippen LogP contribution is -2.37. The number of nitro benzene ring substituents is 1. The van der Waals surface area contributed by atoms with Gasteiger partial charge in [-0.1, -0.05) is 0 Å². The first-order chi connectivity index (χ1) is 9.11. The molecule has 1 heterocycles. The SMILES string of the molecule is CCNc1cc(N2CCCCC2C)cc([N+](=O)[O-])c1. The molecule has 2 rings (SSSR count). The van der Waals surface area contributed by atoms with Crippen LogP contribution in [0.5, 0.6) is 0 Å². The highest BCUT2D eigenvalue weighted by molar-refractivity contribution is 5.65. The van der Waals surface area contributed by atoms with Gasteiger partial charge >= 0.3 is 0 Å². The van der Waals surface area contributed by atoms with Gasteiger partial charge in [-0.15, -0.1) is 0 Å². The summed E-state index contributed by atoms with van der Waals surface area (Å²) in [4.78, 5) is 13.0. The Bertz CT molecular complexity index is 462. The van der Waals surface area contributed by atoms with E-state index in [1.54, 1.807) is 12.1 Å². The number of hydrogen-bond donors (Lipinski definition) is 1. The summed E-state index contributed by atoms with van der Waals surface area (Å²) < 4.78 is 0. The molecule has 5 nitrogen and oxygen atoms in total. The lowest BCUT2D eigenvalue weighted by molar-refractivity contribution is -0.384. The van der Waals surface area contributed by atoms with Crippen molar-refractivity contribution in [2.45, 2.75) is 39.2 Å². The van der Waals surface area contributed by atoms with Crippen LogP contribution in [0.15, 0.2) is 18.2 Å². The van der Waals surface area contributed by atoms with Crippen molar-refractivity contribution < 1.29 is 4.92 Å². The molecule has 1 aliphatic rings. The first-order valence-electron chi connectivity index (χ1n) is 6.92. The van der Waals surface area contributed by atoms with Gasteiger partial charge in [0.15, 0.2) is 0 Å². The zero-order valence-corrected chi connectivity index (χ0v) is 11.6. The first-order valence-corrected chi connectivity index (χ1v) is 6.92. The topological polar surface area (TPSA) is 58.4 Å². The fourth-order valence-electron chi connectivity index (χ4n) is 2.65. The second-order valence-corrected chi connectivity index (χ2v) is 5.06. The molecule has 0 radical (unpaired) electrons. The maximum atomic E-state index is 11.0. The van der Waals surface area contributed by atoms with Gasteiger partial charge in [-0.25, -0.2) is 0 Å². The molecule has 1 saturated heterocycles. The molecule has 1 fully saturated rings. The minimum absolute atomic E-state index is 0.159. The summed E-state index contributed by atoms with van der Waals surface area (Å²) >= 11 is 0. The predicted octanol–water partition coefficient (Wildman–Crippen LogP) is 3.41. The van der Waals surface area contributed by atoms with Crippen molar-refractivity contribution in [3.8, 4) is 0 Å². The molecule has 1 aromatic rings. The average molecular weight is 263 g/mol. The molecule has 0 aromatic heterocycles. The smallest absolute Gasteiger partial charge is 0.273 e. The van der Waals surface area contributed by atoms with Crippen LogP contribution in [0, 0.1) is 10.1 Å². The van der Waals surface area contributed by atoms with E-state index in [0.29, 0.717) is 6.04 Å². The molecule has 5 heteroatoms. The Morgan fingerprint density at radius 2 is 2.21 bits per heavy atom. The molecule has 0 aliphatic carbocycles. The summed E-state index contributed by atoms with van der Waals surface area (Å²) in [6.45, 7) is 5.91. The van der Waals surface area contributed by atoms with Gasteiger partial charge in [0.25, 0.3) is 5.69 Å². The van der Waals surface area contributed by atoms with Crippen molar-refractivity contribution in [3.05, 3.63) is 28.3 Å². The standard InChI is InChI=1S/C14H21N3O2/c1-3-15-12-8-13(10-14(9-12)17(18)19)16-7-5-4-6-11(16)2/h8-11,15H,3-7H2,1-2H3. The van der Waals surface area contributed by atoms with Crippen LogP contribution in [-0.2, 0) is 0 Å². The maximum absolute atomic E-state index is 11.0. The minimum Gasteiger partial charge on any atom is -0.385 e. The van der Waals surface area contributed by atoms with E-state index < -0.39 is 0 Å². The third-order valence-corrected chi connectivity index (χ3v) is 3.63. The van der Waals surface area contributed by atoms with Crippen LogP contribution in [0.4, 0.5) is 17.1 Å².